The molecule has 0 fully saturated rings. The number of nitrogens with one attached hydrogen (secondary N) is 3. The fourth-order valence-electron chi connectivity index (χ4n) is 3.40. The van der Waals surface area contributed by atoms with E-state index in [-0.39, 0.29) is 18.4 Å². The van der Waals surface area contributed by atoms with Gasteiger partial charge in [0.15, 0.2) is 0 Å². The normalized spacial score (nSPS) is 12.7. The zero-order valence-electron chi connectivity index (χ0n) is 19.2. The zero-order chi connectivity index (χ0) is 24.2. The van der Waals surface area contributed by atoms with E-state index in [0.29, 0.717) is 25.9 Å². The number of carboxylic acids is 1. The van der Waals surface area contributed by atoms with Crippen LogP contribution >= 0.6 is 0 Å². The highest BCUT2D eigenvalue weighted by atomic mass is 16.4. The van der Waals surface area contributed by atoms with Gasteiger partial charge in [-0.05, 0) is 29.0 Å². The molecule has 178 valence electrons. The molecule has 2 amide bonds. The van der Waals surface area contributed by atoms with Crippen LogP contribution in [0.3, 0.4) is 0 Å². The van der Waals surface area contributed by atoms with Gasteiger partial charge in [0.05, 0.1) is 12.6 Å². The zero-order valence-corrected chi connectivity index (χ0v) is 19.2. The average molecular weight is 455 g/mol. The minimum atomic E-state index is -1.05. The van der Waals surface area contributed by atoms with E-state index in [0.717, 1.165) is 16.7 Å². The molecule has 0 aliphatic rings. The maximum absolute atomic E-state index is 13.0. The van der Waals surface area contributed by atoms with Crippen molar-refractivity contribution < 1.29 is 19.5 Å². The standard InChI is InChI=1S/C25H34N4O4/c1-17(2)12-21(27-16-23(30)31)25(33)29-22(13-18-6-4-3-5-7-18)24(32)28-15-20-10-8-19(14-26)9-11-20/h3-11,17,21-22,27H,12-16,26H2,1-2H3,(H,28,32)(H,29,33)(H,30,31). The summed E-state index contributed by atoms with van der Waals surface area (Å²) in [6, 6.07) is 15.5. The monoisotopic (exact) mass is 454 g/mol. The second kappa shape index (κ2) is 13.3. The number of carboxylic acid groups (broad SMARTS) is 1. The summed E-state index contributed by atoms with van der Waals surface area (Å²) in [6.45, 7) is 4.33. The third kappa shape index (κ3) is 9.43. The summed E-state index contributed by atoms with van der Waals surface area (Å²) in [4.78, 5) is 37.0. The highest BCUT2D eigenvalue weighted by Gasteiger charge is 2.26. The minimum Gasteiger partial charge on any atom is -0.480 e. The lowest BCUT2D eigenvalue weighted by Gasteiger charge is -2.24. The average Bonchev–Trinajstić information content (AvgIpc) is 2.80. The van der Waals surface area contributed by atoms with E-state index in [4.69, 9.17) is 10.8 Å². The Morgan fingerprint density at radius 1 is 0.879 bits per heavy atom. The molecule has 0 aliphatic carbocycles. The van der Waals surface area contributed by atoms with E-state index in [2.05, 4.69) is 16.0 Å². The van der Waals surface area contributed by atoms with Crippen molar-refractivity contribution in [1.29, 1.82) is 0 Å². The molecule has 6 N–H and O–H groups in total. The molecule has 8 nitrogen and oxygen atoms in total. The van der Waals surface area contributed by atoms with E-state index < -0.39 is 24.0 Å². The predicted molar refractivity (Wildman–Crippen MR) is 127 cm³/mol. The van der Waals surface area contributed by atoms with Crippen molar-refractivity contribution in [2.45, 2.75) is 51.9 Å². The van der Waals surface area contributed by atoms with Gasteiger partial charge in [-0.25, -0.2) is 0 Å². The van der Waals surface area contributed by atoms with E-state index in [1.165, 1.54) is 0 Å². The number of rotatable bonds is 13. The molecule has 0 aromatic heterocycles. The van der Waals surface area contributed by atoms with Crippen molar-refractivity contribution in [1.82, 2.24) is 16.0 Å². The van der Waals surface area contributed by atoms with Gasteiger partial charge in [-0.15, -0.1) is 0 Å². The Kier molecular flexibility index (Phi) is 10.5. The van der Waals surface area contributed by atoms with Crippen molar-refractivity contribution in [2.75, 3.05) is 6.54 Å². The summed E-state index contributed by atoms with van der Waals surface area (Å²) in [6.07, 6.45) is 0.768. The Bertz CT molecular complexity index is 900. The number of hydrogen-bond acceptors (Lipinski definition) is 5. The molecule has 0 aliphatic heterocycles. The first kappa shape index (κ1) is 26.0. The van der Waals surface area contributed by atoms with Crippen molar-refractivity contribution in [3.05, 3.63) is 71.3 Å². The molecule has 0 saturated carbocycles. The highest BCUT2D eigenvalue weighted by Crippen LogP contribution is 2.09. The first-order valence-corrected chi connectivity index (χ1v) is 11.1. The lowest BCUT2D eigenvalue weighted by Crippen LogP contribution is -2.54. The molecule has 0 spiro atoms. The second-order valence-corrected chi connectivity index (χ2v) is 8.45. The van der Waals surface area contributed by atoms with Crippen LogP contribution in [0.25, 0.3) is 0 Å². The Morgan fingerprint density at radius 2 is 1.52 bits per heavy atom. The van der Waals surface area contributed by atoms with Crippen LogP contribution in [0.4, 0.5) is 0 Å². The van der Waals surface area contributed by atoms with E-state index in [1.807, 2.05) is 68.4 Å². The number of benzene rings is 2. The van der Waals surface area contributed by atoms with Crippen LogP contribution in [0.2, 0.25) is 0 Å². The number of carbonyl (C=O) groups excluding carboxylic acids is 2. The molecule has 2 rings (SSSR count). The highest BCUT2D eigenvalue weighted by molar-refractivity contribution is 5.90. The summed E-state index contributed by atoms with van der Waals surface area (Å²) in [5.41, 5.74) is 8.46. The van der Waals surface area contributed by atoms with Gasteiger partial charge in [-0.2, -0.15) is 0 Å². The maximum Gasteiger partial charge on any atom is 0.317 e. The van der Waals surface area contributed by atoms with Crippen LogP contribution in [0.1, 0.15) is 37.0 Å². The summed E-state index contributed by atoms with van der Waals surface area (Å²) in [5.74, 6) is -1.58. The topological polar surface area (TPSA) is 134 Å². The summed E-state index contributed by atoms with van der Waals surface area (Å²) in [7, 11) is 0. The van der Waals surface area contributed by atoms with Crippen molar-refractivity contribution in [3.8, 4) is 0 Å². The molecule has 0 radical (unpaired) electrons. The van der Waals surface area contributed by atoms with Crippen LogP contribution in [-0.2, 0) is 33.9 Å². The first-order valence-electron chi connectivity index (χ1n) is 11.1. The van der Waals surface area contributed by atoms with Gasteiger partial charge in [-0.3, -0.25) is 19.7 Å². The molecule has 0 saturated heterocycles. The third-order valence-electron chi connectivity index (χ3n) is 5.16. The van der Waals surface area contributed by atoms with Gasteiger partial charge in [0, 0.05) is 19.5 Å². The van der Waals surface area contributed by atoms with Crippen LogP contribution in [0.15, 0.2) is 54.6 Å². The van der Waals surface area contributed by atoms with Crippen LogP contribution in [0.5, 0.6) is 0 Å². The summed E-state index contributed by atoms with van der Waals surface area (Å²) >= 11 is 0. The van der Waals surface area contributed by atoms with Gasteiger partial charge in [0.2, 0.25) is 11.8 Å². The molecule has 33 heavy (non-hydrogen) atoms. The molecular weight excluding hydrogens is 420 g/mol. The number of nitrogens with two attached hydrogens (primary N) is 1. The molecule has 2 aromatic rings. The number of hydrogen-bond donors (Lipinski definition) is 5. The largest absolute Gasteiger partial charge is 0.480 e. The Morgan fingerprint density at radius 3 is 2.09 bits per heavy atom. The fourth-order valence-corrected chi connectivity index (χ4v) is 3.40. The van der Waals surface area contributed by atoms with Crippen molar-refractivity contribution in [2.24, 2.45) is 11.7 Å². The van der Waals surface area contributed by atoms with Crippen LogP contribution in [-0.4, -0.2) is 41.5 Å². The number of aliphatic carboxylic acids is 1. The number of amides is 2. The fraction of sp³-hybridized carbons (Fsp3) is 0.400. The van der Waals surface area contributed by atoms with Gasteiger partial charge in [0.1, 0.15) is 6.04 Å². The number of carbonyl (C=O) groups is 3. The van der Waals surface area contributed by atoms with E-state index in [1.54, 1.807) is 0 Å². The van der Waals surface area contributed by atoms with Crippen molar-refractivity contribution in [3.63, 3.8) is 0 Å². The van der Waals surface area contributed by atoms with E-state index >= 15 is 0 Å². The van der Waals surface area contributed by atoms with Crippen molar-refractivity contribution >= 4 is 17.8 Å². The molecule has 2 unspecified atom stereocenters. The minimum absolute atomic E-state index is 0.167. The molecule has 2 atom stereocenters. The first-order chi connectivity index (χ1) is 15.8. The second-order valence-electron chi connectivity index (χ2n) is 8.45. The molecular formula is C25H34N4O4. The molecule has 2 aromatic carbocycles. The lowest BCUT2D eigenvalue weighted by molar-refractivity contribution is -0.136. The predicted octanol–water partition coefficient (Wildman–Crippen LogP) is 1.58. The lowest BCUT2D eigenvalue weighted by atomic mass is 10.0. The maximum atomic E-state index is 13.0. The third-order valence-corrected chi connectivity index (χ3v) is 5.16. The van der Waals surface area contributed by atoms with Crippen LogP contribution < -0.4 is 21.7 Å². The van der Waals surface area contributed by atoms with Gasteiger partial charge < -0.3 is 21.5 Å². The summed E-state index contributed by atoms with van der Waals surface area (Å²) < 4.78 is 0. The van der Waals surface area contributed by atoms with Gasteiger partial charge in [-0.1, -0.05) is 68.4 Å². The Labute approximate surface area is 195 Å². The summed E-state index contributed by atoms with van der Waals surface area (Å²) in [5, 5.41) is 17.5. The smallest absolute Gasteiger partial charge is 0.317 e. The Balaban J connectivity index is 2.11. The quantitative estimate of drug-likeness (QED) is 0.312. The van der Waals surface area contributed by atoms with Gasteiger partial charge in [0.25, 0.3) is 0 Å². The molecule has 0 heterocycles. The van der Waals surface area contributed by atoms with E-state index in [9.17, 15) is 14.4 Å². The van der Waals surface area contributed by atoms with Crippen LogP contribution in [0, 0.1) is 5.92 Å². The Hall–Kier alpha value is -3.23. The molecule has 8 heteroatoms. The van der Waals surface area contributed by atoms with Gasteiger partial charge >= 0.3 is 5.97 Å². The molecule has 0 bridgehead atoms. The SMILES string of the molecule is CC(C)CC(NCC(=O)O)C(=O)NC(Cc1ccccc1)C(=O)NCc1ccc(CN)cc1.